The van der Waals surface area contributed by atoms with Crippen molar-refractivity contribution in [1.29, 1.82) is 0 Å². The van der Waals surface area contributed by atoms with Gasteiger partial charge < -0.3 is 0 Å². The fourth-order valence-electron chi connectivity index (χ4n) is 9.74. The number of benzene rings is 8. The molecular formula is C59H44N2. The second-order valence-corrected chi connectivity index (χ2v) is 16.2. The lowest BCUT2D eigenvalue weighted by molar-refractivity contribution is 0.577. The Balaban J connectivity index is 1.16. The number of nitrogens with zero attached hydrogens (tertiary/aromatic N) is 2. The molecule has 2 atom stereocenters. The van der Waals surface area contributed by atoms with Crippen LogP contribution in [0.2, 0.25) is 0 Å². The van der Waals surface area contributed by atoms with E-state index in [4.69, 9.17) is 4.98 Å². The molecule has 11 rings (SSSR count). The van der Waals surface area contributed by atoms with E-state index in [1.165, 1.54) is 71.6 Å². The molecule has 0 spiro atoms. The molecule has 2 unspecified atom stereocenters. The van der Waals surface area contributed by atoms with Crippen molar-refractivity contribution in [3.8, 4) is 44.8 Å². The van der Waals surface area contributed by atoms with E-state index in [1.807, 2.05) is 0 Å². The predicted octanol–water partition coefficient (Wildman–Crippen LogP) is 15.6. The van der Waals surface area contributed by atoms with Gasteiger partial charge in [-0.15, -0.1) is 0 Å². The van der Waals surface area contributed by atoms with Gasteiger partial charge in [-0.2, -0.15) is 0 Å². The highest BCUT2D eigenvalue weighted by molar-refractivity contribution is 6.14. The van der Waals surface area contributed by atoms with Gasteiger partial charge in [-0.25, -0.2) is 4.98 Å². The molecule has 2 heterocycles. The lowest BCUT2D eigenvalue weighted by Gasteiger charge is -2.32. The van der Waals surface area contributed by atoms with Crippen molar-refractivity contribution in [2.75, 3.05) is 0 Å². The molecule has 0 saturated carbocycles. The summed E-state index contributed by atoms with van der Waals surface area (Å²) in [7, 11) is 0. The summed E-state index contributed by atoms with van der Waals surface area (Å²) in [4.78, 5) is 5.18. The Morgan fingerprint density at radius 3 is 1.87 bits per heavy atom. The van der Waals surface area contributed by atoms with Gasteiger partial charge in [-0.05, 0) is 126 Å². The summed E-state index contributed by atoms with van der Waals surface area (Å²) >= 11 is 0. The van der Waals surface area contributed by atoms with Crippen LogP contribution in [0.15, 0.2) is 225 Å². The molecule has 10 aromatic rings. The summed E-state index contributed by atoms with van der Waals surface area (Å²) in [5, 5.41) is 5.05. The Labute approximate surface area is 357 Å². The maximum atomic E-state index is 5.18. The van der Waals surface area contributed by atoms with E-state index < -0.39 is 0 Å². The Kier molecular flexibility index (Phi) is 9.32. The van der Waals surface area contributed by atoms with E-state index in [-0.39, 0.29) is 11.8 Å². The third kappa shape index (κ3) is 6.67. The van der Waals surface area contributed by atoms with Crippen LogP contribution in [0.25, 0.3) is 83.1 Å². The molecule has 2 heteroatoms. The van der Waals surface area contributed by atoms with Gasteiger partial charge in [-0.3, -0.25) is 4.40 Å². The van der Waals surface area contributed by atoms with E-state index >= 15 is 0 Å². The highest BCUT2D eigenvalue weighted by Crippen LogP contribution is 2.47. The monoisotopic (exact) mass is 780 g/mol. The zero-order chi connectivity index (χ0) is 40.7. The largest absolute Gasteiger partial charge is 0.299 e. The van der Waals surface area contributed by atoms with Crippen molar-refractivity contribution in [1.82, 2.24) is 9.38 Å². The number of aromatic nitrogens is 2. The lowest BCUT2D eigenvalue weighted by atomic mass is 9.71. The molecular weight excluding hydrogens is 737 g/mol. The van der Waals surface area contributed by atoms with E-state index in [1.54, 1.807) is 0 Å². The van der Waals surface area contributed by atoms with E-state index in [0.29, 0.717) is 0 Å². The van der Waals surface area contributed by atoms with Gasteiger partial charge in [0.2, 0.25) is 0 Å². The van der Waals surface area contributed by atoms with Gasteiger partial charge in [0.25, 0.3) is 0 Å². The normalized spacial score (nSPS) is 15.2. The molecule has 0 radical (unpaired) electrons. The average molecular weight is 781 g/mol. The van der Waals surface area contributed by atoms with Gasteiger partial charge in [0.05, 0.1) is 11.4 Å². The first-order valence-electron chi connectivity index (χ1n) is 21.4. The molecule has 61 heavy (non-hydrogen) atoms. The van der Waals surface area contributed by atoms with E-state index in [2.05, 4.69) is 236 Å². The molecule has 2 aromatic heterocycles. The van der Waals surface area contributed by atoms with Gasteiger partial charge >= 0.3 is 0 Å². The SMILES string of the molecule is CCC1C(c2cc(-c3cccc(-c4c(-c5ccccc5)nc5ccccn45)c3)cc(-c3cc4ccccc4c4ccccc34)c2)=CC(c2ccccc2)=CC1c1ccccc1. The predicted molar refractivity (Wildman–Crippen MR) is 257 cm³/mol. The van der Waals surface area contributed by atoms with Crippen LogP contribution >= 0.6 is 0 Å². The highest BCUT2D eigenvalue weighted by atomic mass is 15.0. The van der Waals surface area contributed by atoms with Gasteiger partial charge in [0.15, 0.2) is 0 Å². The molecule has 0 saturated heterocycles. The van der Waals surface area contributed by atoms with Gasteiger partial charge in [0.1, 0.15) is 5.65 Å². The Bertz CT molecular complexity index is 3280. The van der Waals surface area contributed by atoms with E-state index in [0.717, 1.165) is 34.6 Å². The van der Waals surface area contributed by atoms with Crippen LogP contribution in [0.4, 0.5) is 0 Å². The van der Waals surface area contributed by atoms with Crippen LogP contribution in [-0.2, 0) is 0 Å². The molecule has 0 N–H and O–H groups in total. The zero-order valence-corrected chi connectivity index (χ0v) is 34.1. The average Bonchev–Trinajstić information content (AvgIpc) is 3.74. The molecule has 0 amide bonds. The minimum Gasteiger partial charge on any atom is -0.299 e. The summed E-state index contributed by atoms with van der Waals surface area (Å²) in [5.41, 5.74) is 16.5. The van der Waals surface area contributed by atoms with E-state index in [9.17, 15) is 0 Å². The van der Waals surface area contributed by atoms with Crippen LogP contribution in [0.1, 0.15) is 36.0 Å². The summed E-state index contributed by atoms with van der Waals surface area (Å²) in [6, 6.07) is 75.2. The smallest absolute Gasteiger partial charge is 0.137 e. The summed E-state index contributed by atoms with van der Waals surface area (Å²) in [5.74, 6) is 0.508. The summed E-state index contributed by atoms with van der Waals surface area (Å²) in [6.07, 6.45) is 8.12. The highest BCUT2D eigenvalue weighted by Gasteiger charge is 2.29. The maximum absolute atomic E-state index is 5.18. The minimum absolute atomic E-state index is 0.227. The molecule has 0 aliphatic heterocycles. The van der Waals surface area contributed by atoms with Crippen LogP contribution in [-0.4, -0.2) is 9.38 Å². The molecule has 0 bridgehead atoms. The standard InChI is InChI=1S/C59H44N2/c1-2-50-54(41-21-8-4-9-22-41)38-47(40-19-6-3-7-20-40)39-55(50)48-34-46(35-49(36-48)56-37-44-25-12-13-28-51(44)52-29-14-15-30-53(52)56)43-26-18-27-45(33-43)59-58(42-23-10-5-11-24-42)60-57-31-16-17-32-61(57)59/h3-39,50,54H,2H2,1H3. The molecule has 0 fully saturated rings. The molecule has 290 valence electrons. The molecule has 2 nitrogen and oxygen atoms in total. The topological polar surface area (TPSA) is 17.3 Å². The molecule has 1 aliphatic rings. The quantitative estimate of drug-likeness (QED) is 0.140. The Morgan fingerprint density at radius 1 is 0.475 bits per heavy atom. The number of hydrogen-bond acceptors (Lipinski definition) is 1. The fourth-order valence-corrected chi connectivity index (χ4v) is 9.74. The Morgan fingerprint density at radius 2 is 1.08 bits per heavy atom. The fraction of sp³-hybridized carbons (Fsp3) is 0.0678. The first-order chi connectivity index (χ1) is 30.2. The van der Waals surface area contributed by atoms with Crippen LogP contribution in [0.5, 0.6) is 0 Å². The Hall–Kier alpha value is -7.55. The number of pyridine rings is 1. The summed E-state index contributed by atoms with van der Waals surface area (Å²) < 4.78 is 2.23. The maximum Gasteiger partial charge on any atom is 0.137 e. The number of imidazole rings is 1. The van der Waals surface area contributed by atoms with Gasteiger partial charge in [-0.1, -0.05) is 183 Å². The second kappa shape index (κ2) is 15.6. The molecule has 8 aromatic carbocycles. The van der Waals surface area contributed by atoms with Crippen LogP contribution in [0, 0.1) is 5.92 Å². The van der Waals surface area contributed by atoms with Crippen LogP contribution < -0.4 is 0 Å². The van der Waals surface area contributed by atoms with Crippen molar-refractivity contribution >= 4 is 38.3 Å². The first kappa shape index (κ1) is 36.5. The number of rotatable bonds is 8. The summed E-state index contributed by atoms with van der Waals surface area (Å²) in [6.45, 7) is 2.35. The number of fused-ring (bicyclic) bond motifs is 4. The lowest BCUT2D eigenvalue weighted by Crippen LogP contribution is -2.16. The number of hydrogen-bond donors (Lipinski definition) is 0. The zero-order valence-electron chi connectivity index (χ0n) is 34.1. The number of allylic oxidation sites excluding steroid dienone is 4. The van der Waals surface area contributed by atoms with Crippen molar-refractivity contribution in [2.24, 2.45) is 5.92 Å². The minimum atomic E-state index is 0.227. The van der Waals surface area contributed by atoms with Crippen molar-refractivity contribution in [3.05, 3.63) is 241 Å². The van der Waals surface area contributed by atoms with Gasteiger partial charge in [0, 0.05) is 23.2 Å². The second-order valence-electron chi connectivity index (χ2n) is 16.2. The van der Waals surface area contributed by atoms with Crippen molar-refractivity contribution in [2.45, 2.75) is 19.3 Å². The van der Waals surface area contributed by atoms with Crippen molar-refractivity contribution < 1.29 is 0 Å². The third-order valence-corrected chi connectivity index (χ3v) is 12.6. The third-order valence-electron chi connectivity index (χ3n) is 12.6. The molecule has 1 aliphatic carbocycles. The first-order valence-corrected chi connectivity index (χ1v) is 21.4. The van der Waals surface area contributed by atoms with Crippen molar-refractivity contribution in [3.63, 3.8) is 0 Å². The van der Waals surface area contributed by atoms with Crippen LogP contribution in [0.3, 0.4) is 0 Å².